The minimum Gasteiger partial charge on any atom is -0.394 e. The summed E-state index contributed by atoms with van der Waals surface area (Å²) in [5.74, 6) is -0.164. The fraction of sp³-hybridized carbons (Fsp3) is 0.672. The molecule has 73 heavy (non-hydrogen) atoms. The lowest BCUT2D eigenvalue weighted by atomic mass is 9.99. The molecule has 1 saturated heterocycles. The zero-order valence-corrected chi connectivity index (χ0v) is 46.1. The van der Waals surface area contributed by atoms with Gasteiger partial charge in [0.2, 0.25) is 5.91 Å². The maximum absolute atomic E-state index is 13.1. The summed E-state index contributed by atoms with van der Waals surface area (Å²) in [5, 5.41) is 54.5. The van der Waals surface area contributed by atoms with Crippen molar-refractivity contribution in [2.24, 2.45) is 0 Å². The number of amides is 1. The van der Waals surface area contributed by atoms with Crippen LogP contribution in [-0.2, 0) is 14.3 Å². The smallest absolute Gasteiger partial charge is 0.220 e. The van der Waals surface area contributed by atoms with E-state index in [0.717, 1.165) is 128 Å². The number of carbonyl (C=O) groups excluding carboxylic acids is 1. The molecule has 9 nitrogen and oxygen atoms in total. The maximum atomic E-state index is 13.1. The Morgan fingerprint density at radius 2 is 0.849 bits per heavy atom. The molecule has 0 bridgehead atoms. The van der Waals surface area contributed by atoms with Gasteiger partial charge in [0, 0.05) is 6.42 Å². The van der Waals surface area contributed by atoms with E-state index in [-0.39, 0.29) is 12.5 Å². The van der Waals surface area contributed by atoms with Gasteiger partial charge < -0.3 is 40.3 Å². The molecule has 1 fully saturated rings. The van der Waals surface area contributed by atoms with Gasteiger partial charge in [0.1, 0.15) is 24.4 Å². The van der Waals surface area contributed by atoms with E-state index in [1.807, 2.05) is 0 Å². The van der Waals surface area contributed by atoms with E-state index in [1.165, 1.54) is 64.2 Å². The Balaban J connectivity index is 2.18. The number of hydrogen-bond donors (Lipinski definition) is 6. The number of hydrogen-bond acceptors (Lipinski definition) is 8. The quantitative estimate of drug-likeness (QED) is 0.0261. The fourth-order valence-electron chi connectivity index (χ4n) is 8.48. The normalized spacial score (nSPS) is 20.0. The van der Waals surface area contributed by atoms with E-state index in [1.54, 1.807) is 0 Å². The van der Waals surface area contributed by atoms with Gasteiger partial charge in [-0.15, -0.1) is 0 Å². The summed E-state index contributed by atoms with van der Waals surface area (Å²) in [5.41, 5.74) is 0. The number of unbranched alkanes of at least 4 members (excludes halogenated alkanes) is 18. The minimum absolute atomic E-state index is 0.151. The van der Waals surface area contributed by atoms with Crippen LogP contribution in [-0.4, -0.2) is 87.5 Å². The van der Waals surface area contributed by atoms with Gasteiger partial charge in [0.25, 0.3) is 0 Å². The molecule has 0 radical (unpaired) electrons. The van der Waals surface area contributed by atoms with Gasteiger partial charge in [0.05, 0.1) is 25.4 Å². The van der Waals surface area contributed by atoms with Crippen LogP contribution >= 0.6 is 0 Å². The number of carbonyl (C=O) groups is 1. The second-order valence-electron chi connectivity index (χ2n) is 19.7. The average Bonchev–Trinajstić information content (AvgIpc) is 3.39. The lowest BCUT2D eigenvalue weighted by molar-refractivity contribution is -0.302. The molecule has 416 valence electrons. The highest BCUT2D eigenvalue weighted by Crippen LogP contribution is 2.23. The van der Waals surface area contributed by atoms with Crippen molar-refractivity contribution in [3.8, 4) is 0 Å². The molecule has 7 atom stereocenters. The van der Waals surface area contributed by atoms with Crippen LogP contribution in [0, 0.1) is 0 Å². The van der Waals surface area contributed by atoms with Crippen molar-refractivity contribution < 1.29 is 39.8 Å². The van der Waals surface area contributed by atoms with Gasteiger partial charge in [-0.25, -0.2) is 0 Å². The predicted molar refractivity (Wildman–Crippen MR) is 308 cm³/mol. The van der Waals surface area contributed by atoms with Crippen molar-refractivity contribution in [2.45, 2.75) is 262 Å². The van der Waals surface area contributed by atoms with E-state index < -0.39 is 49.5 Å². The molecule has 1 amide bonds. The third-order valence-electron chi connectivity index (χ3n) is 13.1. The highest BCUT2D eigenvalue weighted by Gasteiger charge is 2.44. The van der Waals surface area contributed by atoms with Gasteiger partial charge in [-0.05, 0) is 89.9 Å². The number of nitrogens with one attached hydrogen (secondary N) is 1. The Labute approximate surface area is 446 Å². The number of allylic oxidation sites excluding steroid dienone is 20. The van der Waals surface area contributed by atoms with Gasteiger partial charge in [-0.3, -0.25) is 4.79 Å². The Kier molecular flexibility index (Phi) is 48.2. The van der Waals surface area contributed by atoms with Crippen LogP contribution in [0.2, 0.25) is 0 Å². The van der Waals surface area contributed by atoms with Crippen molar-refractivity contribution >= 4 is 5.91 Å². The van der Waals surface area contributed by atoms with Gasteiger partial charge in [-0.2, -0.15) is 0 Å². The van der Waals surface area contributed by atoms with E-state index in [9.17, 15) is 30.3 Å². The van der Waals surface area contributed by atoms with Crippen LogP contribution in [0.4, 0.5) is 0 Å². The Bertz CT molecular complexity index is 1560. The average molecular weight is 1020 g/mol. The molecule has 7 unspecified atom stereocenters. The van der Waals surface area contributed by atoms with Gasteiger partial charge in [-0.1, -0.05) is 245 Å². The number of rotatable bonds is 48. The molecule has 6 N–H and O–H groups in total. The zero-order valence-electron chi connectivity index (χ0n) is 46.1. The van der Waals surface area contributed by atoms with Crippen LogP contribution in [0.25, 0.3) is 0 Å². The first-order valence-electron chi connectivity index (χ1n) is 29.2. The molecule has 1 rings (SSSR count). The highest BCUT2D eigenvalue weighted by atomic mass is 16.7. The molecule has 0 aliphatic carbocycles. The number of aliphatic hydroxyl groups excluding tert-OH is 5. The molecular formula is C64H107NO8. The maximum Gasteiger partial charge on any atom is 0.220 e. The highest BCUT2D eigenvalue weighted by molar-refractivity contribution is 5.76. The van der Waals surface area contributed by atoms with E-state index in [0.29, 0.717) is 12.8 Å². The molecule has 0 spiro atoms. The van der Waals surface area contributed by atoms with Crippen molar-refractivity contribution in [3.05, 3.63) is 122 Å². The van der Waals surface area contributed by atoms with E-state index in [2.05, 4.69) is 141 Å². The van der Waals surface area contributed by atoms with Crippen LogP contribution < -0.4 is 5.32 Å². The van der Waals surface area contributed by atoms with Crippen LogP contribution in [0.5, 0.6) is 0 Å². The molecule has 1 heterocycles. The summed E-state index contributed by atoms with van der Waals surface area (Å²) in [6, 6.07) is -0.735. The molecule has 0 aromatic carbocycles. The van der Waals surface area contributed by atoms with E-state index in [4.69, 9.17) is 9.47 Å². The monoisotopic (exact) mass is 1020 g/mol. The van der Waals surface area contributed by atoms with Crippen LogP contribution in [0.3, 0.4) is 0 Å². The molecular weight excluding hydrogens is 911 g/mol. The largest absolute Gasteiger partial charge is 0.394 e. The summed E-state index contributed by atoms with van der Waals surface area (Å²) in [4.78, 5) is 13.1. The standard InChI is InChI=1S/C64H107NO8/c1-3-5-7-9-11-13-15-17-18-19-20-21-22-23-24-25-26-27-28-29-30-31-32-33-34-35-36-37-38-39-40-42-44-46-48-50-52-54-60(68)65-57(56-72-64-63(71)62(70)61(69)59(55-66)73-64)58(67)53-51-49-47-45-43-41-16-14-12-10-8-6-4-2/h5,7,11,13,17-18,20-21,23-24,26-27,29-30,32-33,35-36,38-39,57-59,61-64,66-67,69-71H,3-4,6,8-10,12,14-16,19,22,25,28,31,34,37,40-56H2,1-2H3,(H,65,68)/b7-5-,13-11-,18-17-,21-20-,24-23-,27-26-,30-29-,33-32-,36-35-,39-38-. The third kappa shape index (κ3) is 41.5. The Hall–Kier alpha value is -3.41. The van der Waals surface area contributed by atoms with E-state index >= 15 is 0 Å². The molecule has 0 aromatic rings. The first-order valence-corrected chi connectivity index (χ1v) is 29.2. The summed E-state index contributed by atoms with van der Waals surface area (Å²) >= 11 is 0. The summed E-state index contributed by atoms with van der Waals surface area (Å²) in [7, 11) is 0. The zero-order chi connectivity index (χ0) is 52.9. The third-order valence-corrected chi connectivity index (χ3v) is 13.1. The number of aliphatic hydroxyl groups is 5. The molecule has 1 aliphatic heterocycles. The lowest BCUT2D eigenvalue weighted by Gasteiger charge is -2.40. The van der Waals surface area contributed by atoms with Crippen LogP contribution in [0.15, 0.2) is 122 Å². The fourth-order valence-corrected chi connectivity index (χ4v) is 8.48. The molecule has 1 aliphatic rings. The predicted octanol–water partition coefficient (Wildman–Crippen LogP) is 14.7. The molecule has 0 saturated carbocycles. The summed E-state index contributed by atoms with van der Waals surface area (Å²) < 4.78 is 11.3. The van der Waals surface area contributed by atoms with Crippen molar-refractivity contribution in [3.63, 3.8) is 0 Å². The minimum atomic E-state index is -1.56. The Morgan fingerprint density at radius 3 is 1.26 bits per heavy atom. The first kappa shape index (κ1) is 67.6. The topological polar surface area (TPSA) is 149 Å². The summed E-state index contributed by atoms with van der Waals surface area (Å²) in [6.45, 7) is 3.70. The van der Waals surface area contributed by atoms with Crippen molar-refractivity contribution in [2.75, 3.05) is 13.2 Å². The van der Waals surface area contributed by atoms with Gasteiger partial charge >= 0.3 is 0 Å². The summed E-state index contributed by atoms with van der Waals surface area (Å²) in [6.07, 6.45) is 70.8. The Morgan fingerprint density at radius 1 is 0.479 bits per heavy atom. The first-order chi connectivity index (χ1) is 35.8. The van der Waals surface area contributed by atoms with Crippen molar-refractivity contribution in [1.82, 2.24) is 5.32 Å². The number of ether oxygens (including phenoxy) is 2. The lowest BCUT2D eigenvalue weighted by Crippen LogP contribution is -2.60. The van der Waals surface area contributed by atoms with Crippen LogP contribution in [0.1, 0.15) is 219 Å². The molecule has 0 aromatic heterocycles. The second kappa shape index (κ2) is 52.0. The van der Waals surface area contributed by atoms with Gasteiger partial charge in [0.15, 0.2) is 6.29 Å². The van der Waals surface area contributed by atoms with Crippen molar-refractivity contribution in [1.29, 1.82) is 0 Å². The molecule has 9 heteroatoms. The SMILES string of the molecule is CC/C=C\C/C=C\C/C=C\C/C=C\C/C=C\C/C=C\C/C=C\C/C=C\C/C=C\C/C=C\CCCCCCCCC(=O)NC(COC1OC(CO)C(O)C(O)C1O)C(O)CCCCCCCCCCCCCCC. The second-order valence-corrected chi connectivity index (χ2v) is 19.7.